The van der Waals surface area contributed by atoms with E-state index in [1.54, 1.807) is 31.6 Å². The monoisotopic (exact) mass is 262 g/mol. The van der Waals surface area contributed by atoms with Crippen molar-refractivity contribution >= 4 is 5.97 Å². The number of ether oxygens (including phenoxy) is 1. The summed E-state index contributed by atoms with van der Waals surface area (Å²) in [6.07, 6.45) is 4.00. The lowest BCUT2D eigenvalue weighted by Crippen LogP contribution is -2.05. The molecule has 0 unspecified atom stereocenters. The van der Waals surface area contributed by atoms with Gasteiger partial charge in [-0.1, -0.05) is 12.1 Å². The van der Waals surface area contributed by atoms with Crippen molar-refractivity contribution < 1.29 is 13.9 Å². The number of aryl methyl sites for hydroxylation is 2. The highest BCUT2D eigenvalue weighted by Crippen LogP contribution is 2.06. The van der Waals surface area contributed by atoms with Crippen LogP contribution in [0.2, 0.25) is 0 Å². The van der Waals surface area contributed by atoms with Crippen molar-refractivity contribution in [3.8, 4) is 0 Å². The third kappa shape index (κ3) is 3.64. The standard InChI is InChI=1S/C14H15FN2O2/c1-2-19-14(18)13-9-17(10-16-13)8-7-11-3-5-12(15)6-4-11/h3-6,9-10H,2,7-8H2,1H3. The molecular formula is C14H15FN2O2. The maximum absolute atomic E-state index is 12.7. The summed E-state index contributed by atoms with van der Waals surface area (Å²) in [5.74, 6) is -0.654. The molecule has 0 fully saturated rings. The summed E-state index contributed by atoms with van der Waals surface area (Å²) in [4.78, 5) is 15.4. The highest BCUT2D eigenvalue weighted by Gasteiger charge is 2.09. The van der Waals surface area contributed by atoms with E-state index in [0.29, 0.717) is 18.8 Å². The molecule has 0 amide bonds. The Balaban J connectivity index is 1.93. The van der Waals surface area contributed by atoms with Gasteiger partial charge >= 0.3 is 5.97 Å². The van der Waals surface area contributed by atoms with Crippen LogP contribution in [-0.2, 0) is 17.7 Å². The molecule has 0 bridgehead atoms. The van der Waals surface area contributed by atoms with E-state index in [2.05, 4.69) is 4.98 Å². The van der Waals surface area contributed by atoms with Crippen molar-refractivity contribution in [3.05, 3.63) is 53.9 Å². The molecule has 5 heteroatoms. The average molecular weight is 262 g/mol. The highest BCUT2D eigenvalue weighted by molar-refractivity contribution is 5.86. The number of rotatable bonds is 5. The lowest BCUT2D eigenvalue weighted by Gasteiger charge is -2.02. The van der Waals surface area contributed by atoms with Crippen LogP contribution in [0.15, 0.2) is 36.8 Å². The largest absolute Gasteiger partial charge is 0.461 e. The van der Waals surface area contributed by atoms with Crippen molar-refractivity contribution in [2.75, 3.05) is 6.61 Å². The molecule has 0 atom stereocenters. The molecule has 0 aliphatic rings. The number of hydrogen-bond acceptors (Lipinski definition) is 3. The number of nitrogens with zero attached hydrogens (tertiary/aromatic N) is 2. The zero-order valence-corrected chi connectivity index (χ0v) is 10.7. The Hall–Kier alpha value is -2.17. The van der Waals surface area contributed by atoms with Crippen LogP contribution in [0.1, 0.15) is 23.0 Å². The molecule has 2 rings (SSSR count). The van der Waals surface area contributed by atoms with Gasteiger partial charge in [0, 0.05) is 12.7 Å². The van der Waals surface area contributed by atoms with Crippen molar-refractivity contribution in [1.82, 2.24) is 9.55 Å². The summed E-state index contributed by atoms with van der Waals surface area (Å²) in [6.45, 7) is 2.77. The quantitative estimate of drug-likeness (QED) is 0.777. The number of imidazole rings is 1. The van der Waals surface area contributed by atoms with E-state index in [-0.39, 0.29) is 5.82 Å². The maximum atomic E-state index is 12.7. The summed E-state index contributed by atoms with van der Waals surface area (Å²) in [6, 6.07) is 6.37. The van der Waals surface area contributed by atoms with Crippen LogP contribution in [0.4, 0.5) is 4.39 Å². The van der Waals surface area contributed by atoms with Gasteiger partial charge in [-0.25, -0.2) is 14.2 Å². The van der Waals surface area contributed by atoms with Crippen molar-refractivity contribution in [2.45, 2.75) is 19.9 Å². The maximum Gasteiger partial charge on any atom is 0.358 e. The van der Waals surface area contributed by atoms with Crippen molar-refractivity contribution in [3.63, 3.8) is 0 Å². The first kappa shape index (κ1) is 13.3. The summed E-state index contributed by atoms with van der Waals surface area (Å²) in [7, 11) is 0. The summed E-state index contributed by atoms with van der Waals surface area (Å²) < 4.78 is 19.4. The fourth-order valence-corrected chi connectivity index (χ4v) is 1.70. The zero-order valence-electron chi connectivity index (χ0n) is 10.7. The van der Waals surface area contributed by atoms with Crippen LogP contribution in [0, 0.1) is 5.82 Å². The number of benzene rings is 1. The molecule has 4 nitrogen and oxygen atoms in total. The van der Waals surface area contributed by atoms with Crippen LogP contribution in [0.25, 0.3) is 0 Å². The summed E-state index contributed by atoms with van der Waals surface area (Å²) in [5.41, 5.74) is 1.34. The molecule has 1 heterocycles. The van der Waals surface area contributed by atoms with Crippen LogP contribution in [0.3, 0.4) is 0 Å². The second kappa shape index (κ2) is 6.13. The molecular weight excluding hydrogens is 247 g/mol. The Morgan fingerprint density at radius 2 is 2.11 bits per heavy atom. The number of esters is 1. The molecule has 0 saturated heterocycles. The van der Waals surface area contributed by atoms with Gasteiger partial charge in [0.1, 0.15) is 5.82 Å². The molecule has 0 saturated carbocycles. The van der Waals surface area contributed by atoms with E-state index in [1.165, 1.54) is 12.1 Å². The highest BCUT2D eigenvalue weighted by atomic mass is 19.1. The number of aromatic nitrogens is 2. The Labute approximate surface area is 110 Å². The van der Waals surface area contributed by atoms with E-state index in [4.69, 9.17) is 4.74 Å². The first-order chi connectivity index (χ1) is 9.19. The average Bonchev–Trinajstić information content (AvgIpc) is 2.87. The molecule has 1 aromatic carbocycles. The molecule has 0 N–H and O–H groups in total. The third-order valence-corrected chi connectivity index (χ3v) is 2.69. The SMILES string of the molecule is CCOC(=O)c1cn(CCc2ccc(F)cc2)cn1. The lowest BCUT2D eigenvalue weighted by atomic mass is 10.1. The Bertz CT molecular complexity index is 549. The molecule has 19 heavy (non-hydrogen) atoms. The number of carbonyl (C=O) groups excluding carboxylic acids is 1. The first-order valence-electron chi connectivity index (χ1n) is 6.12. The smallest absolute Gasteiger partial charge is 0.358 e. The second-order valence-corrected chi connectivity index (χ2v) is 4.09. The fraction of sp³-hybridized carbons (Fsp3) is 0.286. The number of hydrogen-bond donors (Lipinski definition) is 0. The van der Waals surface area contributed by atoms with Crippen molar-refractivity contribution in [1.29, 1.82) is 0 Å². The minimum absolute atomic E-state index is 0.240. The topological polar surface area (TPSA) is 44.1 Å². The fourth-order valence-electron chi connectivity index (χ4n) is 1.70. The van der Waals surface area contributed by atoms with E-state index in [0.717, 1.165) is 12.0 Å². The van der Waals surface area contributed by atoms with Crippen molar-refractivity contribution in [2.24, 2.45) is 0 Å². The molecule has 0 spiro atoms. The van der Waals surface area contributed by atoms with E-state index < -0.39 is 5.97 Å². The van der Waals surface area contributed by atoms with E-state index in [1.807, 2.05) is 4.57 Å². The predicted octanol–water partition coefficient (Wildman–Crippen LogP) is 2.44. The van der Waals surface area contributed by atoms with Gasteiger partial charge in [-0.15, -0.1) is 0 Å². The van der Waals surface area contributed by atoms with Crippen LogP contribution in [0.5, 0.6) is 0 Å². The molecule has 1 aromatic heterocycles. The minimum atomic E-state index is -0.414. The van der Waals surface area contributed by atoms with Gasteiger partial charge < -0.3 is 9.30 Å². The van der Waals surface area contributed by atoms with Gasteiger partial charge in [0.15, 0.2) is 5.69 Å². The second-order valence-electron chi connectivity index (χ2n) is 4.09. The van der Waals surface area contributed by atoms with Crippen LogP contribution < -0.4 is 0 Å². The predicted molar refractivity (Wildman–Crippen MR) is 68.3 cm³/mol. The van der Waals surface area contributed by atoms with Gasteiger partial charge in [-0.3, -0.25) is 0 Å². The number of halogens is 1. The Kier molecular flexibility index (Phi) is 4.28. The minimum Gasteiger partial charge on any atom is -0.461 e. The van der Waals surface area contributed by atoms with E-state index >= 15 is 0 Å². The molecule has 0 aliphatic heterocycles. The Morgan fingerprint density at radius 3 is 2.79 bits per heavy atom. The van der Waals surface area contributed by atoms with Gasteiger partial charge in [0.25, 0.3) is 0 Å². The normalized spacial score (nSPS) is 10.4. The molecule has 0 aliphatic carbocycles. The van der Waals surface area contributed by atoms with E-state index in [9.17, 15) is 9.18 Å². The summed E-state index contributed by atoms with van der Waals surface area (Å²) >= 11 is 0. The van der Waals surface area contributed by atoms with Crippen LogP contribution >= 0.6 is 0 Å². The molecule has 2 aromatic rings. The number of carbonyl (C=O) groups is 1. The Morgan fingerprint density at radius 1 is 1.37 bits per heavy atom. The van der Waals surface area contributed by atoms with Gasteiger partial charge in [0.2, 0.25) is 0 Å². The lowest BCUT2D eigenvalue weighted by molar-refractivity contribution is 0.0520. The van der Waals surface area contributed by atoms with Crippen LogP contribution in [-0.4, -0.2) is 22.1 Å². The first-order valence-corrected chi connectivity index (χ1v) is 6.12. The zero-order chi connectivity index (χ0) is 13.7. The molecule has 100 valence electrons. The van der Waals surface area contributed by atoms with Gasteiger partial charge in [0.05, 0.1) is 12.9 Å². The van der Waals surface area contributed by atoms with Gasteiger partial charge in [-0.05, 0) is 31.0 Å². The molecule has 0 radical (unpaired) electrons. The summed E-state index contributed by atoms with van der Waals surface area (Å²) in [5, 5.41) is 0. The third-order valence-electron chi connectivity index (χ3n) is 2.69. The van der Waals surface area contributed by atoms with Gasteiger partial charge in [-0.2, -0.15) is 0 Å².